The first-order valence-corrected chi connectivity index (χ1v) is 22.0. The fourth-order valence-electron chi connectivity index (χ4n) is 6.76. The van der Waals surface area contributed by atoms with Gasteiger partial charge in [0.1, 0.15) is 0 Å². The molecule has 0 aliphatic carbocycles. The summed E-state index contributed by atoms with van der Waals surface area (Å²) in [6.45, 7) is 7.62. The standard InChI is InChI=1S/C45H88O2/c1-4-6-7-8-9-10-11-12-13-17-21-24-27-30-33-36-39-42-45(46)47-43-40-37-34-31-28-25-22-19-16-14-15-18-20-23-26-29-32-35-38-41-44(3)5-2/h10-11,44H,4-9,12-43H2,1-3H3. The van der Waals surface area contributed by atoms with Gasteiger partial charge in [0.25, 0.3) is 0 Å². The molecule has 0 aromatic heterocycles. The Hall–Kier alpha value is -0.790. The minimum atomic E-state index is 0.0262. The van der Waals surface area contributed by atoms with Crippen molar-refractivity contribution in [2.45, 2.75) is 258 Å². The van der Waals surface area contributed by atoms with Gasteiger partial charge in [-0.25, -0.2) is 0 Å². The van der Waals surface area contributed by atoms with E-state index in [4.69, 9.17) is 4.74 Å². The molecule has 47 heavy (non-hydrogen) atoms. The predicted octanol–water partition coefficient (Wildman–Crippen LogP) is 16.2. The van der Waals surface area contributed by atoms with Gasteiger partial charge in [0.2, 0.25) is 0 Å². The molecular weight excluding hydrogens is 572 g/mol. The Morgan fingerprint density at radius 1 is 0.447 bits per heavy atom. The zero-order chi connectivity index (χ0) is 34.1. The molecule has 0 aromatic rings. The van der Waals surface area contributed by atoms with Crippen LogP contribution in [-0.2, 0) is 9.53 Å². The fraction of sp³-hybridized carbons (Fsp3) is 0.933. The maximum absolute atomic E-state index is 12.0. The minimum Gasteiger partial charge on any atom is -0.466 e. The molecule has 0 heterocycles. The van der Waals surface area contributed by atoms with Gasteiger partial charge in [-0.05, 0) is 44.4 Å². The van der Waals surface area contributed by atoms with Gasteiger partial charge < -0.3 is 4.74 Å². The first-order chi connectivity index (χ1) is 23.2. The first kappa shape index (κ1) is 46.2. The Morgan fingerprint density at radius 2 is 0.787 bits per heavy atom. The van der Waals surface area contributed by atoms with E-state index >= 15 is 0 Å². The third-order valence-electron chi connectivity index (χ3n) is 10.4. The third kappa shape index (κ3) is 41.3. The van der Waals surface area contributed by atoms with Crippen LogP contribution in [0.2, 0.25) is 0 Å². The minimum absolute atomic E-state index is 0.0262. The molecule has 2 nitrogen and oxygen atoms in total. The number of esters is 1. The van der Waals surface area contributed by atoms with Crippen molar-refractivity contribution in [1.82, 2.24) is 0 Å². The molecule has 1 unspecified atom stereocenters. The van der Waals surface area contributed by atoms with Gasteiger partial charge in [-0.15, -0.1) is 0 Å². The van der Waals surface area contributed by atoms with Gasteiger partial charge in [-0.3, -0.25) is 4.79 Å². The number of rotatable bonds is 40. The molecule has 0 spiro atoms. The van der Waals surface area contributed by atoms with Gasteiger partial charge in [0.15, 0.2) is 0 Å². The highest BCUT2D eigenvalue weighted by atomic mass is 16.5. The Balaban J connectivity index is 3.17. The van der Waals surface area contributed by atoms with Crippen LogP contribution in [0.1, 0.15) is 258 Å². The normalized spacial score (nSPS) is 12.3. The molecule has 0 fully saturated rings. The largest absolute Gasteiger partial charge is 0.466 e. The summed E-state index contributed by atoms with van der Waals surface area (Å²) in [5, 5.41) is 0. The number of hydrogen-bond donors (Lipinski definition) is 0. The second-order valence-electron chi connectivity index (χ2n) is 15.3. The highest BCUT2D eigenvalue weighted by molar-refractivity contribution is 5.69. The van der Waals surface area contributed by atoms with Crippen LogP contribution in [-0.4, -0.2) is 12.6 Å². The van der Waals surface area contributed by atoms with Gasteiger partial charge in [0.05, 0.1) is 6.61 Å². The zero-order valence-electron chi connectivity index (χ0n) is 32.9. The Labute approximate surface area is 297 Å². The van der Waals surface area contributed by atoms with E-state index in [2.05, 4.69) is 32.9 Å². The van der Waals surface area contributed by atoms with Crippen LogP contribution in [0, 0.1) is 5.92 Å². The molecule has 0 aliphatic heterocycles. The average molecular weight is 661 g/mol. The van der Waals surface area contributed by atoms with E-state index in [9.17, 15) is 4.79 Å². The summed E-state index contributed by atoms with van der Waals surface area (Å²) >= 11 is 0. The second-order valence-corrected chi connectivity index (χ2v) is 15.3. The molecule has 0 saturated heterocycles. The van der Waals surface area contributed by atoms with E-state index in [0.717, 1.165) is 18.8 Å². The summed E-state index contributed by atoms with van der Waals surface area (Å²) < 4.78 is 5.47. The summed E-state index contributed by atoms with van der Waals surface area (Å²) in [6.07, 6.45) is 54.4. The van der Waals surface area contributed by atoms with Crippen LogP contribution in [0.4, 0.5) is 0 Å². The smallest absolute Gasteiger partial charge is 0.305 e. The number of carbonyl (C=O) groups is 1. The van der Waals surface area contributed by atoms with Crippen molar-refractivity contribution in [3.05, 3.63) is 12.2 Å². The van der Waals surface area contributed by atoms with Gasteiger partial charge >= 0.3 is 5.97 Å². The van der Waals surface area contributed by atoms with Crippen LogP contribution in [0.3, 0.4) is 0 Å². The van der Waals surface area contributed by atoms with Crippen LogP contribution in [0.25, 0.3) is 0 Å². The third-order valence-corrected chi connectivity index (χ3v) is 10.4. The molecule has 0 bridgehead atoms. The summed E-state index contributed by atoms with van der Waals surface area (Å²) in [4.78, 5) is 12.0. The van der Waals surface area contributed by atoms with E-state index in [-0.39, 0.29) is 5.97 Å². The Kier molecular flexibility index (Phi) is 40.7. The SMILES string of the molecule is CCCCCCC=CCCCCCCCCCCCC(=O)OCCCCCCCCCCCCCCCCCCCCCC(C)CC. The van der Waals surface area contributed by atoms with E-state index in [1.807, 2.05) is 0 Å². The summed E-state index contributed by atoms with van der Waals surface area (Å²) in [5.41, 5.74) is 0. The Bertz CT molecular complexity index is 611. The van der Waals surface area contributed by atoms with E-state index in [1.54, 1.807) is 0 Å². The van der Waals surface area contributed by atoms with Crippen molar-refractivity contribution in [1.29, 1.82) is 0 Å². The fourth-order valence-corrected chi connectivity index (χ4v) is 6.76. The average Bonchev–Trinajstić information content (AvgIpc) is 3.08. The van der Waals surface area contributed by atoms with Crippen molar-refractivity contribution in [2.24, 2.45) is 5.92 Å². The molecule has 0 aromatic carbocycles. The molecule has 0 saturated carbocycles. The highest BCUT2D eigenvalue weighted by Gasteiger charge is 2.03. The topological polar surface area (TPSA) is 26.3 Å². The number of hydrogen-bond acceptors (Lipinski definition) is 2. The molecule has 0 aliphatic rings. The summed E-state index contributed by atoms with van der Waals surface area (Å²) in [6, 6.07) is 0. The molecule has 1 atom stereocenters. The van der Waals surface area contributed by atoms with Crippen molar-refractivity contribution >= 4 is 5.97 Å². The van der Waals surface area contributed by atoms with Crippen molar-refractivity contribution in [3.63, 3.8) is 0 Å². The molecule has 280 valence electrons. The quantitative estimate of drug-likeness (QED) is 0.0371. The maximum atomic E-state index is 12.0. The molecule has 0 N–H and O–H groups in total. The molecule has 2 heteroatoms. The lowest BCUT2D eigenvalue weighted by Crippen LogP contribution is -2.05. The lowest BCUT2D eigenvalue weighted by atomic mass is 9.99. The summed E-state index contributed by atoms with van der Waals surface area (Å²) in [5.74, 6) is 0.959. The number of carbonyl (C=O) groups excluding carboxylic acids is 1. The highest BCUT2D eigenvalue weighted by Crippen LogP contribution is 2.17. The number of ether oxygens (including phenoxy) is 1. The van der Waals surface area contributed by atoms with E-state index in [0.29, 0.717) is 13.0 Å². The molecular formula is C45H88O2. The van der Waals surface area contributed by atoms with Gasteiger partial charge in [0, 0.05) is 6.42 Å². The van der Waals surface area contributed by atoms with Crippen molar-refractivity contribution in [2.75, 3.05) is 6.61 Å². The van der Waals surface area contributed by atoms with Crippen LogP contribution in [0.5, 0.6) is 0 Å². The summed E-state index contributed by atoms with van der Waals surface area (Å²) in [7, 11) is 0. The monoisotopic (exact) mass is 661 g/mol. The predicted molar refractivity (Wildman–Crippen MR) is 211 cm³/mol. The van der Waals surface area contributed by atoms with E-state index in [1.165, 1.54) is 218 Å². The molecule has 0 radical (unpaired) electrons. The van der Waals surface area contributed by atoms with Crippen LogP contribution in [0.15, 0.2) is 12.2 Å². The van der Waals surface area contributed by atoms with Crippen molar-refractivity contribution in [3.8, 4) is 0 Å². The zero-order valence-corrected chi connectivity index (χ0v) is 32.9. The van der Waals surface area contributed by atoms with Crippen molar-refractivity contribution < 1.29 is 9.53 Å². The van der Waals surface area contributed by atoms with E-state index < -0.39 is 0 Å². The lowest BCUT2D eigenvalue weighted by molar-refractivity contribution is -0.143. The second kappa shape index (κ2) is 41.4. The molecule has 0 amide bonds. The van der Waals surface area contributed by atoms with Gasteiger partial charge in [-0.1, -0.05) is 226 Å². The maximum Gasteiger partial charge on any atom is 0.305 e. The van der Waals surface area contributed by atoms with Gasteiger partial charge in [-0.2, -0.15) is 0 Å². The Morgan fingerprint density at radius 3 is 1.19 bits per heavy atom. The number of allylic oxidation sites excluding steroid dienone is 2. The van der Waals surface area contributed by atoms with Crippen LogP contribution >= 0.6 is 0 Å². The lowest BCUT2D eigenvalue weighted by Gasteiger charge is -2.07. The number of unbranched alkanes of at least 4 members (excludes halogenated alkanes) is 31. The first-order valence-electron chi connectivity index (χ1n) is 22.0. The van der Waals surface area contributed by atoms with Crippen LogP contribution < -0.4 is 0 Å². The molecule has 0 rings (SSSR count).